The molecule has 0 aliphatic carbocycles. The van der Waals surface area contributed by atoms with Gasteiger partial charge in [0.05, 0.1) is 0 Å². The fourth-order valence-corrected chi connectivity index (χ4v) is 1.88. The van der Waals surface area contributed by atoms with Crippen molar-refractivity contribution in [1.82, 2.24) is 0 Å². The zero-order chi connectivity index (χ0) is 14.4. The summed E-state index contributed by atoms with van der Waals surface area (Å²) in [4.78, 5) is 11.9. The number of carbonyl (C=O) groups is 1. The molecule has 1 amide bonds. The molecule has 0 heterocycles. The van der Waals surface area contributed by atoms with Crippen LogP contribution in [0, 0.1) is 0 Å². The minimum Gasteiger partial charge on any atom is -0.508 e. The van der Waals surface area contributed by atoms with Crippen molar-refractivity contribution in [3.8, 4) is 5.75 Å². The molecule has 3 heteroatoms. The Labute approximate surface area is 118 Å². The number of nitrogens with one attached hydrogen (secondary N) is 1. The Hall–Kier alpha value is -2.55. The Bertz CT molecular complexity index is 615. The molecule has 0 unspecified atom stereocenters. The molecule has 0 aliphatic rings. The SMILES string of the molecule is CCc1ccccc1NC(=O)/C=C/c1ccc(O)cc1. The number of carbonyl (C=O) groups excluding carboxylic acids is 1. The van der Waals surface area contributed by atoms with E-state index in [1.807, 2.05) is 24.3 Å². The van der Waals surface area contributed by atoms with Gasteiger partial charge < -0.3 is 10.4 Å². The second-order valence-electron chi connectivity index (χ2n) is 4.42. The van der Waals surface area contributed by atoms with Gasteiger partial charge in [0.1, 0.15) is 5.75 Å². The Balaban J connectivity index is 2.03. The number of benzene rings is 2. The summed E-state index contributed by atoms with van der Waals surface area (Å²) >= 11 is 0. The van der Waals surface area contributed by atoms with E-state index in [0.717, 1.165) is 23.2 Å². The van der Waals surface area contributed by atoms with Crippen molar-refractivity contribution in [2.45, 2.75) is 13.3 Å². The lowest BCUT2D eigenvalue weighted by molar-refractivity contribution is -0.111. The standard InChI is InChI=1S/C17H17NO2/c1-2-14-5-3-4-6-16(14)18-17(20)12-9-13-7-10-15(19)11-8-13/h3-12,19H,2H2,1H3,(H,18,20)/b12-9+. The van der Waals surface area contributed by atoms with Crippen molar-refractivity contribution in [1.29, 1.82) is 0 Å². The molecular formula is C17H17NO2. The molecular weight excluding hydrogens is 250 g/mol. The number of phenols is 1. The highest BCUT2D eigenvalue weighted by atomic mass is 16.3. The maximum absolute atomic E-state index is 11.9. The van der Waals surface area contributed by atoms with E-state index < -0.39 is 0 Å². The number of rotatable bonds is 4. The lowest BCUT2D eigenvalue weighted by atomic mass is 10.1. The van der Waals surface area contributed by atoms with Crippen LogP contribution >= 0.6 is 0 Å². The molecule has 2 rings (SSSR count). The van der Waals surface area contributed by atoms with Crippen LogP contribution in [-0.2, 0) is 11.2 Å². The fraction of sp³-hybridized carbons (Fsp3) is 0.118. The van der Waals surface area contributed by atoms with Crippen LogP contribution in [0.1, 0.15) is 18.1 Å². The van der Waals surface area contributed by atoms with Crippen LogP contribution in [-0.4, -0.2) is 11.0 Å². The molecule has 3 nitrogen and oxygen atoms in total. The number of hydrogen-bond acceptors (Lipinski definition) is 2. The van der Waals surface area contributed by atoms with Gasteiger partial charge in [-0.25, -0.2) is 0 Å². The third-order valence-corrected chi connectivity index (χ3v) is 2.98. The molecule has 0 bridgehead atoms. The molecule has 2 aromatic rings. The summed E-state index contributed by atoms with van der Waals surface area (Å²) in [6.45, 7) is 2.05. The van der Waals surface area contributed by atoms with Crippen LogP contribution < -0.4 is 5.32 Å². The number of hydrogen-bond donors (Lipinski definition) is 2. The summed E-state index contributed by atoms with van der Waals surface area (Å²) in [6.07, 6.45) is 4.07. The maximum Gasteiger partial charge on any atom is 0.248 e. The van der Waals surface area contributed by atoms with Gasteiger partial charge in [-0.3, -0.25) is 4.79 Å². The predicted molar refractivity (Wildman–Crippen MR) is 81.6 cm³/mol. The van der Waals surface area contributed by atoms with E-state index in [4.69, 9.17) is 0 Å². The van der Waals surface area contributed by atoms with E-state index in [1.165, 1.54) is 6.08 Å². The maximum atomic E-state index is 11.9. The molecule has 0 aromatic heterocycles. The number of aromatic hydroxyl groups is 1. The van der Waals surface area contributed by atoms with Crippen LogP contribution in [0.15, 0.2) is 54.6 Å². The Morgan fingerprint density at radius 1 is 1.15 bits per heavy atom. The summed E-state index contributed by atoms with van der Waals surface area (Å²) in [7, 11) is 0. The van der Waals surface area contributed by atoms with Crippen molar-refractivity contribution < 1.29 is 9.90 Å². The normalized spacial score (nSPS) is 10.7. The summed E-state index contributed by atoms with van der Waals surface area (Å²) < 4.78 is 0. The highest BCUT2D eigenvalue weighted by molar-refractivity contribution is 6.02. The van der Waals surface area contributed by atoms with E-state index >= 15 is 0 Å². The molecule has 0 atom stereocenters. The van der Waals surface area contributed by atoms with Crippen molar-refractivity contribution in [3.05, 3.63) is 65.7 Å². The van der Waals surface area contributed by atoms with Gasteiger partial charge in [-0.2, -0.15) is 0 Å². The van der Waals surface area contributed by atoms with Gasteiger partial charge in [-0.15, -0.1) is 0 Å². The average Bonchev–Trinajstić information content (AvgIpc) is 2.47. The van der Waals surface area contributed by atoms with E-state index in [9.17, 15) is 9.90 Å². The second-order valence-corrected chi connectivity index (χ2v) is 4.42. The predicted octanol–water partition coefficient (Wildman–Crippen LogP) is 3.61. The molecule has 20 heavy (non-hydrogen) atoms. The first-order chi connectivity index (χ1) is 9.69. The number of anilines is 1. The van der Waals surface area contributed by atoms with E-state index in [1.54, 1.807) is 30.3 Å². The van der Waals surface area contributed by atoms with Gasteiger partial charge in [-0.1, -0.05) is 37.3 Å². The lowest BCUT2D eigenvalue weighted by Crippen LogP contribution is -2.09. The van der Waals surface area contributed by atoms with Crippen molar-refractivity contribution in [2.75, 3.05) is 5.32 Å². The van der Waals surface area contributed by atoms with Gasteiger partial charge in [0, 0.05) is 11.8 Å². The minimum atomic E-state index is -0.168. The highest BCUT2D eigenvalue weighted by Crippen LogP contribution is 2.15. The minimum absolute atomic E-state index is 0.168. The first-order valence-electron chi connectivity index (χ1n) is 6.55. The topological polar surface area (TPSA) is 49.3 Å². The van der Waals surface area contributed by atoms with Gasteiger partial charge in [0.15, 0.2) is 0 Å². The number of aryl methyl sites for hydroxylation is 1. The number of amides is 1. The summed E-state index contributed by atoms with van der Waals surface area (Å²) in [6, 6.07) is 14.4. The molecule has 0 fully saturated rings. The van der Waals surface area contributed by atoms with E-state index in [2.05, 4.69) is 12.2 Å². The number of phenolic OH excluding ortho intramolecular Hbond substituents is 1. The van der Waals surface area contributed by atoms with Crippen molar-refractivity contribution in [2.24, 2.45) is 0 Å². The Morgan fingerprint density at radius 2 is 1.85 bits per heavy atom. The zero-order valence-electron chi connectivity index (χ0n) is 11.3. The van der Waals surface area contributed by atoms with Gasteiger partial charge >= 0.3 is 0 Å². The Morgan fingerprint density at radius 3 is 2.55 bits per heavy atom. The largest absolute Gasteiger partial charge is 0.508 e. The van der Waals surface area contributed by atoms with Crippen LogP contribution in [0.5, 0.6) is 5.75 Å². The highest BCUT2D eigenvalue weighted by Gasteiger charge is 2.02. The quantitative estimate of drug-likeness (QED) is 0.831. The lowest BCUT2D eigenvalue weighted by Gasteiger charge is -2.07. The number of para-hydroxylation sites is 1. The summed E-state index contributed by atoms with van der Waals surface area (Å²) in [5.41, 5.74) is 2.82. The first kappa shape index (κ1) is 13.9. The molecule has 102 valence electrons. The first-order valence-corrected chi connectivity index (χ1v) is 6.55. The monoisotopic (exact) mass is 267 g/mol. The second kappa shape index (κ2) is 6.57. The third-order valence-electron chi connectivity index (χ3n) is 2.98. The van der Waals surface area contributed by atoms with E-state index in [-0.39, 0.29) is 11.7 Å². The molecule has 2 aromatic carbocycles. The van der Waals surface area contributed by atoms with Gasteiger partial charge in [0.25, 0.3) is 0 Å². The zero-order valence-corrected chi connectivity index (χ0v) is 11.3. The Kier molecular flexibility index (Phi) is 4.56. The molecule has 2 N–H and O–H groups in total. The van der Waals surface area contributed by atoms with Crippen LogP contribution in [0.4, 0.5) is 5.69 Å². The smallest absolute Gasteiger partial charge is 0.248 e. The molecule has 0 radical (unpaired) electrons. The van der Waals surface area contributed by atoms with Crippen molar-refractivity contribution in [3.63, 3.8) is 0 Å². The van der Waals surface area contributed by atoms with E-state index in [0.29, 0.717) is 0 Å². The third kappa shape index (κ3) is 3.72. The average molecular weight is 267 g/mol. The van der Waals surface area contributed by atoms with Crippen molar-refractivity contribution >= 4 is 17.7 Å². The molecule has 0 saturated heterocycles. The summed E-state index contributed by atoms with van der Waals surface area (Å²) in [5, 5.41) is 12.1. The van der Waals surface area contributed by atoms with Gasteiger partial charge in [-0.05, 0) is 41.8 Å². The molecule has 0 aliphatic heterocycles. The van der Waals surface area contributed by atoms with Gasteiger partial charge in [0.2, 0.25) is 5.91 Å². The summed E-state index contributed by atoms with van der Waals surface area (Å²) in [5.74, 6) is 0.0439. The molecule has 0 saturated carbocycles. The van der Waals surface area contributed by atoms with Crippen LogP contribution in [0.3, 0.4) is 0 Å². The van der Waals surface area contributed by atoms with Crippen LogP contribution in [0.25, 0.3) is 6.08 Å². The fourth-order valence-electron chi connectivity index (χ4n) is 1.88. The van der Waals surface area contributed by atoms with Crippen LogP contribution in [0.2, 0.25) is 0 Å². The molecule has 0 spiro atoms.